The molecule has 13 heavy (non-hydrogen) atoms. The van der Waals surface area contributed by atoms with E-state index >= 15 is 0 Å². The molecule has 2 aliphatic rings. The van der Waals surface area contributed by atoms with Gasteiger partial charge in [0, 0.05) is 0 Å². The molecule has 0 unspecified atom stereocenters. The van der Waals surface area contributed by atoms with Gasteiger partial charge in [0.05, 0.1) is 12.5 Å². The van der Waals surface area contributed by atoms with E-state index in [0.29, 0.717) is 17.9 Å². The second kappa shape index (κ2) is 3.00. The number of ether oxygens (including phenoxy) is 1. The minimum absolute atomic E-state index is 0.0527. The van der Waals surface area contributed by atoms with Crippen molar-refractivity contribution >= 4 is 5.97 Å². The van der Waals surface area contributed by atoms with Crippen LogP contribution in [0.4, 0.5) is 0 Å². The minimum Gasteiger partial charge on any atom is -0.466 e. The quantitative estimate of drug-likeness (QED) is 0.613. The molecule has 0 spiro atoms. The highest BCUT2D eigenvalue weighted by Gasteiger charge is 2.65. The SMILES string of the molecule is CCOC(=O)[C@@H]1[C@H]2CCCC[C@]21C. The van der Waals surface area contributed by atoms with Crippen molar-refractivity contribution < 1.29 is 9.53 Å². The normalized spacial score (nSPS) is 42.3. The summed E-state index contributed by atoms with van der Waals surface area (Å²) < 4.78 is 5.08. The fraction of sp³-hybridized carbons (Fsp3) is 0.909. The molecule has 0 radical (unpaired) electrons. The van der Waals surface area contributed by atoms with Crippen molar-refractivity contribution in [2.75, 3.05) is 6.61 Å². The molecule has 0 aromatic carbocycles. The van der Waals surface area contributed by atoms with Gasteiger partial charge >= 0.3 is 5.97 Å². The molecule has 0 aliphatic heterocycles. The lowest BCUT2D eigenvalue weighted by molar-refractivity contribution is -0.145. The van der Waals surface area contributed by atoms with Crippen LogP contribution in [0.1, 0.15) is 39.5 Å². The van der Waals surface area contributed by atoms with Crippen LogP contribution in [0.5, 0.6) is 0 Å². The summed E-state index contributed by atoms with van der Waals surface area (Å²) in [6.07, 6.45) is 5.06. The summed E-state index contributed by atoms with van der Waals surface area (Å²) in [6, 6.07) is 0. The number of hydrogen-bond acceptors (Lipinski definition) is 2. The highest BCUT2D eigenvalue weighted by Crippen LogP contribution is 2.66. The van der Waals surface area contributed by atoms with E-state index in [1.165, 1.54) is 25.7 Å². The summed E-state index contributed by atoms with van der Waals surface area (Å²) in [5.41, 5.74) is 0.310. The third-order valence-electron chi connectivity index (χ3n) is 3.87. The molecule has 2 saturated carbocycles. The van der Waals surface area contributed by atoms with Gasteiger partial charge in [-0.25, -0.2) is 0 Å². The first kappa shape index (κ1) is 9.04. The average molecular weight is 182 g/mol. The number of fused-ring (bicyclic) bond motifs is 1. The molecule has 0 bridgehead atoms. The van der Waals surface area contributed by atoms with Gasteiger partial charge in [-0.05, 0) is 31.1 Å². The van der Waals surface area contributed by atoms with Gasteiger partial charge < -0.3 is 4.74 Å². The molecule has 3 atom stereocenters. The zero-order valence-corrected chi connectivity index (χ0v) is 8.51. The third kappa shape index (κ3) is 1.27. The summed E-state index contributed by atoms with van der Waals surface area (Å²) in [5.74, 6) is 0.923. The summed E-state index contributed by atoms with van der Waals surface area (Å²) in [6.45, 7) is 4.66. The van der Waals surface area contributed by atoms with Gasteiger partial charge in [-0.3, -0.25) is 4.79 Å². The number of rotatable bonds is 2. The summed E-state index contributed by atoms with van der Waals surface area (Å²) in [4.78, 5) is 11.6. The molecule has 2 nitrogen and oxygen atoms in total. The van der Waals surface area contributed by atoms with Crippen LogP contribution < -0.4 is 0 Å². The van der Waals surface area contributed by atoms with Crippen LogP contribution in [0, 0.1) is 17.3 Å². The first-order valence-corrected chi connectivity index (χ1v) is 5.37. The van der Waals surface area contributed by atoms with E-state index in [0.717, 1.165) is 0 Å². The Balaban J connectivity index is 1.99. The zero-order valence-electron chi connectivity index (χ0n) is 8.51. The molecule has 2 rings (SSSR count). The predicted molar refractivity (Wildman–Crippen MR) is 50.2 cm³/mol. The Morgan fingerprint density at radius 1 is 1.54 bits per heavy atom. The van der Waals surface area contributed by atoms with Crippen molar-refractivity contribution in [2.45, 2.75) is 39.5 Å². The molecule has 0 amide bonds. The van der Waals surface area contributed by atoms with Gasteiger partial charge in [-0.2, -0.15) is 0 Å². The fourth-order valence-corrected chi connectivity index (χ4v) is 3.03. The molecule has 0 heterocycles. The van der Waals surface area contributed by atoms with Crippen LogP contribution in [0.25, 0.3) is 0 Å². The molecule has 2 heteroatoms. The topological polar surface area (TPSA) is 26.3 Å². The van der Waals surface area contributed by atoms with Gasteiger partial charge in [0.1, 0.15) is 0 Å². The highest BCUT2D eigenvalue weighted by molar-refractivity contribution is 5.77. The van der Waals surface area contributed by atoms with Crippen LogP contribution in [-0.2, 0) is 9.53 Å². The van der Waals surface area contributed by atoms with Gasteiger partial charge in [0.15, 0.2) is 0 Å². The Labute approximate surface area is 79.7 Å². The van der Waals surface area contributed by atoms with Crippen LogP contribution in [-0.4, -0.2) is 12.6 Å². The number of hydrogen-bond donors (Lipinski definition) is 0. The summed E-state index contributed by atoms with van der Waals surface area (Å²) >= 11 is 0. The Hall–Kier alpha value is -0.530. The maximum absolute atomic E-state index is 11.6. The second-order valence-corrected chi connectivity index (χ2v) is 4.59. The molecule has 0 aromatic heterocycles. The van der Waals surface area contributed by atoms with Crippen LogP contribution in [0.2, 0.25) is 0 Å². The van der Waals surface area contributed by atoms with E-state index in [-0.39, 0.29) is 11.9 Å². The van der Waals surface area contributed by atoms with Crippen molar-refractivity contribution in [2.24, 2.45) is 17.3 Å². The summed E-state index contributed by atoms with van der Waals surface area (Å²) in [7, 11) is 0. The Morgan fingerprint density at radius 3 is 2.85 bits per heavy atom. The Bertz CT molecular complexity index is 224. The molecule has 0 aromatic rings. The molecule has 2 fully saturated rings. The van der Waals surface area contributed by atoms with Gasteiger partial charge in [-0.15, -0.1) is 0 Å². The van der Waals surface area contributed by atoms with Crippen LogP contribution in [0.15, 0.2) is 0 Å². The molecule has 0 N–H and O–H groups in total. The predicted octanol–water partition coefficient (Wildman–Crippen LogP) is 2.38. The number of carbonyl (C=O) groups excluding carboxylic acids is 1. The largest absolute Gasteiger partial charge is 0.466 e. The lowest BCUT2D eigenvalue weighted by Crippen LogP contribution is -2.11. The summed E-state index contributed by atoms with van der Waals surface area (Å²) in [5, 5.41) is 0. The second-order valence-electron chi connectivity index (χ2n) is 4.59. The van der Waals surface area contributed by atoms with Gasteiger partial charge in [0.2, 0.25) is 0 Å². The molecule has 0 saturated heterocycles. The monoisotopic (exact) mass is 182 g/mol. The standard InChI is InChI=1S/C11H18O2/c1-3-13-10(12)9-8-6-4-5-7-11(8,9)2/h8-9H,3-7H2,1-2H3/t8-,9+,11-/m1/s1. The maximum Gasteiger partial charge on any atom is 0.309 e. The van der Waals surface area contributed by atoms with Crippen molar-refractivity contribution in [1.82, 2.24) is 0 Å². The Kier molecular flexibility index (Phi) is 2.09. The first-order valence-electron chi connectivity index (χ1n) is 5.37. The van der Waals surface area contributed by atoms with E-state index in [9.17, 15) is 4.79 Å². The molecule has 74 valence electrons. The van der Waals surface area contributed by atoms with E-state index in [2.05, 4.69) is 6.92 Å². The molecular weight excluding hydrogens is 164 g/mol. The van der Waals surface area contributed by atoms with Crippen LogP contribution >= 0.6 is 0 Å². The molecule has 2 aliphatic carbocycles. The van der Waals surface area contributed by atoms with Gasteiger partial charge in [0.25, 0.3) is 0 Å². The van der Waals surface area contributed by atoms with E-state index in [1.807, 2.05) is 6.92 Å². The van der Waals surface area contributed by atoms with Gasteiger partial charge in [-0.1, -0.05) is 19.8 Å². The van der Waals surface area contributed by atoms with Crippen molar-refractivity contribution in [1.29, 1.82) is 0 Å². The fourth-order valence-electron chi connectivity index (χ4n) is 3.03. The van der Waals surface area contributed by atoms with Crippen molar-refractivity contribution in [3.05, 3.63) is 0 Å². The van der Waals surface area contributed by atoms with Crippen molar-refractivity contribution in [3.63, 3.8) is 0 Å². The lowest BCUT2D eigenvalue weighted by Gasteiger charge is -2.15. The Morgan fingerprint density at radius 2 is 2.31 bits per heavy atom. The first-order chi connectivity index (χ1) is 6.20. The van der Waals surface area contributed by atoms with Crippen molar-refractivity contribution in [3.8, 4) is 0 Å². The number of esters is 1. The van der Waals surface area contributed by atoms with E-state index < -0.39 is 0 Å². The zero-order chi connectivity index (χ0) is 9.47. The minimum atomic E-state index is 0.0527. The third-order valence-corrected chi connectivity index (χ3v) is 3.87. The smallest absolute Gasteiger partial charge is 0.309 e. The lowest BCUT2D eigenvalue weighted by atomic mass is 9.90. The van der Waals surface area contributed by atoms with E-state index in [4.69, 9.17) is 4.74 Å². The number of carbonyl (C=O) groups is 1. The van der Waals surface area contributed by atoms with E-state index in [1.54, 1.807) is 0 Å². The maximum atomic E-state index is 11.6. The average Bonchev–Trinajstić information content (AvgIpc) is 2.71. The van der Waals surface area contributed by atoms with Crippen LogP contribution in [0.3, 0.4) is 0 Å². The highest BCUT2D eigenvalue weighted by atomic mass is 16.5. The molecular formula is C11H18O2.